The summed E-state index contributed by atoms with van der Waals surface area (Å²) >= 11 is 0. The summed E-state index contributed by atoms with van der Waals surface area (Å²) in [5, 5.41) is 0. The first-order valence-corrected chi connectivity index (χ1v) is 9.83. The molecular formula is C19H23NO5S. The topological polar surface area (TPSA) is 65.1 Å². The van der Waals surface area contributed by atoms with E-state index in [2.05, 4.69) is 0 Å². The quantitative estimate of drug-likeness (QED) is 0.773. The van der Waals surface area contributed by atoms with Crippen LogP contribution in [0.3, 0.4) is 0 Å². The average Bonchev–Trinajstić information content (AvgIpc) is 3.18. The van der Waals surface area contributed by atoms with E-state index >= 15 is 0 Å². The second kappa shape index (κ2) is 7.55. The first-order valence-electron chi connectivity index (χ1n) is 8.39. The van der Waals surface area contributed by atoms with E-state index in [1.807, 2.05) is 18.2 Å². The van der Waals surface area contributed by atoms with Crippen LogP contribution in [-0.2, 0) is 10.0 Å². The number of methoxy groups -OCH3 is 3. The van der Waals surface area contributed by atoms with Crippen LogP contribution in [0, 0.1) is 0 Å². The van der Waals surface area contributed by atoms with Gasteiger partial charge >= 0.3 is 0 Å². The van der Waals surface area contributed by atoms with Crippen molar-refractivity contribution in [1.29, 1.82) is 0 Å². The molecule has 3 rings (SSSR count). The lowest BCUT2D eigenvalue weighted by Crippen LogP contribution is -2.30. The first-order chi connectivity index (χ1) is 12.5. The third-order valence-corrected chi connectivity index (χ3v) is 6.58. The minimum Gasteiger partial charge on any atom is -0.497 e. The van der Waals surface area contributed by atoms with Crippen molar-refractivity contribution in [3.8, 4) is 17.2 Å². The predicted molar refractivity (Wildman–Crippen MR) is 98.4 cm³/mol. The molecule has 1 aliphatic heterocycles. The third kappa shape index (κ3) is 3.37. The maximum Gasteiger partial charge on any atom is 0.243 e. The summed E-state index contributed by atoms with van der Waals surface area (Å²) in [6.07, 6.45) is 1.58. The van der Waals surface area contributed by atoms with Crippen molar-refractivity contribution in [3.63, 3.8) is 0 Å². The van der Waals surface area contributed by atoms with Gasteiger partial charge in [0.25, 0.3) is 0 Å². The molecule has 0 N–H and O–H groups in total. The highest BCUT2D eigenvalue weighted by molar-refractivity contribution is 7.89. The molecule has 0 aromatic heterocycles. The SMILES string of the molecule is COc1ccc(S(=O)(=O)N2CCCC2c2ccc(OC)c(OC)c2)cc1. The molecule has 26 heavy (non-hydrogen) atoms. The number of hydrogen-bond acceptors (Lipinski definition) is 5. The van der Waals surface area contributed by atoms with E-state index in [9.17, 15) is 8.42 Å². The highest BCUT2D eigenvalue weighted by atomic mass is 32.2. The Morgan fingerprint density at radius 1 is 0.923 bits per heavy atom. The van der Waals surface area contributed by atoms with Gasteiger partial charge < -0.3 is 14.2 Å². The Labute approximate surface area is 154 Å². The molecule has 1 atom stereocenters. The number of hydrogen-bond donors (Lipinski definition) is 0. The summed E-state index contributed by atoms with van der Waals surface area (Å²) in [5.41, 5.74) is 0.900. The van der Waals surface area contributed by atoms with Gasteiger partial charge in [-0.15, -0.1) is 0 Å². The summed E-state index contributed by atoms with van der Waals surface area (Å²) in [6, 6.07) is 11.8. The van der Waals surface area contributed by atoms with Crippen LogP contribution in [0.5, 0.6) is 17.2 Å². The molecule has 0 aliphatic carbocycles. The van der Waals surface area contributed by atoms with Crippen molar-refractivity contribution in [3.05, 3.63) is 48.0 Å². The number of sulfonamides is 1. The van der Waals surface area contributed by atoms with Crippen LogP contribution in [0.2, 0.25) is 0 Å². The van der Waals surface area contributed by atoms with Gasteiger partial charge in [-0.3, -0.25) is 0 Å². The van der Waals surface area contributed by atoms with Crippen LogP contribution in [0.1, 0.15) is 24.4 Å². The Morgan fingerprint density at radius 3 is 2.23 bits per heavy atom. The fraction of sp³-hybridized carbons (Fsp3) is 0.368. The Morgan fingerprint density at radius 2 is 1.62 bits per heavy atom. The second-order valence-electron chi connectivity index (χ2n) is 6.06. The zero-order valence-corrected chi connectivity index (χ0v) is 16.0. The minimum absolute atomic E-state index is 0.220. The van der Waals surface area contributed by atoms with E-state index in [0.29, 0.717) is 23.8 Å². The lowest BCUT2D eigenvalue weighted by Gasteiger charge is -2.25. The summed E-state index contributed by atoms with van der Waals surface area (Å²) in [7, 11) is 1.11. The van der Waals surface area contributed by atoms with Crippen LogP contribution in [0.15, 0.2) is 47.4 Å². The van der Waals surface area contributed by atoms with Gasteiger partial charge in [-0.25, -0.2) is 8.42 Å². The number of benzene rings is 2. The van der Waals surface area contributed by atoms with Gasteiger partial charge in [-0.2, -0.15) is 4.31 Å². The molecule has 0 radical (unpaired) electrons. The van der Waals surface area contributed by atoms with E-state index in [-0.39, 0.29) is 10.9 Å². The highest BCUT2D eigenvalue weighted by Gasteiger charge is 2.36. The van der Waals surface area contributed by atoms with E-state index in [1.165, 1.54) is 0 Å². The van der Waals surface area contributed by atoms with Crippen LogP contribution in [-0.4, -0.2) is 40.6 Å². The normalized spacial score (nSPS) is 17.9. The molecule has 6 nitrogen and oxygen atoms in total. The van der Waals surface area contributed by atoms with Crippen LogP contribution in [0.25, 0.3) is 0 Å². The van der Waals surface area contributed by atoms with Gasteiger partial charge in [-0.05, 0) is 54.8 Å². The summed E-state index contributed by atoms with van der Waals surface area (Å²) in [4.78, 5) is 0.269. The van der Waals surface area contributed by atoms with E-state index in [4.69, 9.17) is 14.2 Å². The van der Waals surface area contributed by atoms with Crippen molar-refractivity contribution in [2.24, 2.45) is 0 Å². The molecule has 1 unspecified atom stereocenters. The van der Waals surface area contributed by atoms with Crippen molar-refractivity contribution in [1.82, 2.24) is 4.31 Å². The molecule has 2 aromatic rings. The fourth-order valence-corrected chi connectivity index (χ4v) is 4.99. The van der Waals surface area contributed by atoms with Gasteiger partial charge in [0.15, 0.2) is 11.5 Å². The van der Waals surface area contributed by atoms with Crippen LogP contribution < -0.4 is 14.2 Å². The standard InChI is InChI=1S/C19H23NO5S/c1-23-15-7-9-16(10-8-15)26(21,22)20-12-4-5-17(20)14-6-11-18(24-2)19(13-14)25-3/h6-11,13,17H,4-5,12H2,1-3H3. The highest BCUT2D eigenvalue weighted by Crippen LogP contribution is 2.39. The molecule has 0 bridgehead atoms. The Hall–Kier alpha value is -2.25. The van der Waals surface area contributed by atoms with Gasteiger partial charge in [0.05, 0.1) is 32.3 Å². The molecular weight excluding hydrogens is 354 g/mol. The molecule has 0 spiro atoms. The molecule has 0 amide bonds. The Balaban J connectivity index is 1.94. The van der Waals surface area contributed by atoms with E-state index < -0.39 is 10.0 Å². The summed E-state index contributed by atoms with van der Waals surface area (Å²) in [6.45, 7) is 0.493. The van der Waals surface area contributed by atoms with Crippen LogP contribution >= 0.6 is 0 Å². The number of nitrogens with zero attached hydrogens (tertiary/aromatic N) is 1. The van der Waals surface area contributed by atoms with Crippen molar-refractivity contribution in [2.75, 3.05) is 27.9 Å². The van der Waals surface area contributed by atoms with Crippen molar-refractivity contribution < 1.29 is 22.6 Å². The number of rotatable bonds is 6. The molecule has 140 valence electrons. The summed E-state index contributed by atoms with van der Waals surface area (Å²) in [5.74, 6) is 1.85. The molecule has 7 heteroatoms. The zero-order chi connectivity index (χ0) is 18.7. The molecule has 2 aromatic carbocycles. The largest absolute Gasteiger partial charge is 0.497 e. The predicted octanol–water partition coefficient (Wildman–Crippen LogP) is 3.24. The summed E-state index contributed by atoms with van der Waals surface area (Å²) < 4.78 is 43.6. The van der Waals surface area contributed by atoms with Crippen molar-refractivity contribution in [2.45, 2.75) is 23.8 Å². The van der Waals surface area contributed by atoms with Crippen molar-refractivity contribution >= 4 is 10.0 Å². The average molecular weight is 377 g/mol. The smallest absolute Gasteiger partial charge is 0.243 e. The molecule has 1 saturated heterocycles. The van der Waals surface area contributed by atoms with Gasteiger partial charge in [0.2, 0.25) is 10.0 Å². The van der Waals surface area contributed by atoms with Gasteiger partial charge in [0.1, 0.15) is 5.75 Å². The maximum atomic E-state index is 13.1. The molecule has 1 fully saturated rings. The number of ether oxygens (including phenoxy) is 3. The lowest BCUT2D eigenvalue weighted by molar-refractivity contribution is 0.351. The second-order valence-corrected chi connectivity index (χ2v) is 7.95. The third-order valence-electron chi connectivity index (χ3n) is 4.66. The van der Waals surface area contributed by atoms with E-state index in [1.54, 1.807) is 49.9 Å². The molecule has 1 heterocycles. The van der Waals surface area contributed by atoms with Crippen LogP contribution in [0.4, 0.5) is 0 Å². The first kappa shape index (κ1) is 18.5. The fourth-order valence-electron chi connectivity index (χ4n) is 3.30. The molecule has 1 aliphatic rings. The lowest BCUT2D eigenvalue weighted by atomic mass is 10.0. The van der Waals surface area contributed by atoms with Gasteiger partial charge in [-0.1, -0.05) is 6.07 Å². The zero-order valence-electron chi connectivity index (χ0n) is 15.1. The maximum absolute atomic E-state index is 13.1. The monoisotopic (exact) mass is 377 g/mol. The van der Waals surface area contributed by atoms with Gasteiger partial charge in [0, 0.05) is 6.54 Å². The van der Waals surface area contributed by atoms with E-state index in [0.717, 1.165) is 18.4 Å². The Bertz CT molecular complexity index is 864. The molecule has 0 saturated carbocycles. The minimum atomic E-state index is -3.59. The Kier molecular flexibility index (Phi) is 5.38.